The molecule has 1 aromatic heterocycles. The molecule has 1 N–H and O–H groups in total. The molecule has 17 heavy (non-hydrogen) atoms. The number of carbonyl (C=O) groups excluding carboxylic acids is 1. The third-order valence-corrected chi connectivity index (χ3v) is 4.78. The first kappa shape index (κ1) is 13.9. The minimum Gasteiger partial charge on any atom is -0.269 e. The van der Waals surface area contributed by atoms with E-state index in [0.717, 1.165) is 29.1 Å². The Hall–Kier alpha value is -1.14. The number of nitrogens with one attached hydrogen (secondary N) is 1. The molecule has 0 saturated heterocycles. The summed E-state index contributed by atoms with van der Waals surface area (Å²) in [6.45, 7) is 3.79. The molecule has 0 aliphatic heterocycles. The van der Waals surface area contributed by atoms with Crippen LogP contribution in [0.2, 0.25) is 0 Å². The van der Waals surface area contributed by atoms with Crippen molar-refractivity contribution in [2.75, 3.05) is 0 Å². The first-order valence-electron chi connectivity index (χ1n) is 5.25. The Bertz CT molecular complexity index is 515. The van der Waals surface area contributed by atoms with Crippen LogP contribution in [-0.4, -0.2) is 14.3 Å². The van der Waals surface area contributed by atoms with E-state index in [2.05, 4.69) is 0 Å². The number of sulfonamides is 1. The molecular weight excluding hydrogens is 258 g/mol. The Morgan fingerprint density at radius 1 is 1.47 bits per heavy atom. The first-order valence-corrected chi connectivity index (χ1v) is 7.55. The van der Waals surface area contributed by atoms with Crippen LogP contribution in [0.5, 0.6) is 0 Å². The van der Waals surface area contributed by atoms with E-state index in [1.165, 1.54) is 12.1 Å². The Morgan fingerprint density at radius 2 is 2.18 bits per heavy atom. The fraction of sp³-hybridized carbons (Fsp3) is 0.364. The monoisotopic (exact) mass is 273 g/mol. The summed E-state index contributed by atoms with van der Waals surface area (Å²) in [5.41, 5.74) is 0. The smallest absolute Gasteiger partial charge is 0.269 e. The van der Waals surface area contributed by atoms with Gasteiger partial charge in [-0.3, -0.25) is 4.79 Å². The lowest BCUT2D eigenvalue weighted by Crippen LogP contribution is -2.28. The van der Waals surface area contributed by atoms with E-state index in [1.807, 2.05) is 18.6 Å². The van der Waals surface area contributed by atoms with Crippen molar-refractivity contribution in [1.82, 2.24) is 4.72 Å². The van der Waals surface area contributed by atoms with Crippen molar-refractivity contribution in [3.8, 4) is 0 Å². The van der Waals surface area contributed by atoms with Gasteiger partial charge in [0.2, 0.25) is 0 Å². The van der Waals surface area contributed by atoms with Crippen LogP contribution in [0.25, 0.3) is 0 Å². The normalized spacial score (nSPS) is 11.9. The van der Waals surface area contributed by atoms with Gasteiger partial charge in [0.1, 0.15) is 4.21 Å². The van der Waals surface area contributed by atoms with Crippen molar-refractivity contribution >= 4 is 27.3 Å². The molecule has 6 heteroatoms. The molecule has 4 nitrogen and oxygen atoms in total. The highest BCUT2D eigenvalue weighted by Gasteiger charge is 2.17. The summed E-state index contributed by atoms with van der Waals surface area (Å²) < 4.78 is 25.6. The van der Waals surface area contributed by atoms with Gasteiger partial charge in [-0.05, 0) is 31.6 Å². The quantitative estimate of drug-likeness (QED) is 0.837. The van der Waals surface area contributed by atoms with E-state index >= 15 is 0 Å². The molecule has 1 amide bonds. The zero-order valence-electron chi connectivity index (χ0n) is 9.76. The van der Waals surface area contributed by atoms with Crippen molar-refractivity contribution in [3.63, 3.8) is 0 Å². The minimum atomic E-state index is -3.71. The van der Waals surface area contributed by atoms with Crippen LogP contribution in [0.3, 0.4) is 0 Å². The average Bonchev–Trinajstić information content (AvgIpc) is 2.65. The second-order valence-electron chi connectivity index (χ2n) is 3.53. The summed E-state index contributed by atoms with van der Waals surface area (Å²) in [5.74, 6) is -0.607. The third kappa shape index (κ3) is 4.32. The van der Waals surface area contributed by atoms with Crippen LogP contribution >= 0.6 is 11.3 Å². The van der Waals surface area contributed by atoms with Gasteiger partial charge in [-0.25, -0.2) is 13.1 Å². The molecule has 1 heterocycles. The number of hydrogen-bond acceptors (Lipinski definition) is 4. The molecular formula is C11H15NO3S2. The van der Waals surface area contributed by atoms with Gasteiger partial charge in [0.15, 0.2) is 0 Å². The first-order chi connectivity index (χ1) is 7.95. The SMILES string of the molecule is CCCC=CC(=O)NS(=O)(=O)c1ccc(C)s1. The highest BCUT2D eigenvalue weighted by molar-refractivity contribution is 7.92. The van der Waals surface area contributed by atoms with E-state index in [1.54, 1.807) is 12.1 Å². The Balaban J connectivity index is 2.71. The lowest BCUT2D eigenvalue weighted by molar-refractivity contribution is -0.114. The molecule has 0 atom stereocenters. The molecule has 94 valence electrons. The van der Waals surface area contributed by atoms with Crippen LogP contribution in [-0.2, 0) is 14.8 Å². The van der Waals surface area contributed by atoms with Crippen LogP contribution < -0.4 is 4.72 Å². The number of rotatable bonds is 5. The number of unbranched alkanes of at least 4 members (excludes halogenated alkanes) is 1. The highest BCUT2D eigenvalue weighted by Crippen LogP contribution is 2.20. The topological polar surface area (TPSA) is 63.2 Å². The largest absolute Gasteiger partial charge is 0.273 e. The summed E-state index contributed by atoms with van der Waals surface area (Å²) in [5, 5.41) is 0. The van der Waals surface area contributed by atoms with E-state index in [9.17, 15) is 13.2 Å². The fourth-order valence-corrected chi connectivity index (χ4v) is 3.36. The molecule has 0 fully saturated rings. The second kappa shape index (κ2) is 5.97. The van der Waals surface area contributed by atoms with Crippen LogP contribution in [0.4, 0.5) is 0 Å². The van der Waals surface area contributed by atoms with Crippen LogP contribution in [0.15, 0.2) is 28.5 Å². The number of allylic oxidation sites excluding steroid dienone is 1. The van der Waals surface area contributed by atoms with Crippen LogP contribution in [0, 0.1) is 6.92 Å². The number of carbonyl (C=O) groups is 1. The van der Waals surface area contributed by atoms with Gasteiger partial charge in [0.05, 0.1) is 0 Å². The maximum atomic E-state index is 11.7. The zero-order valence-corrected chi connectivity index (χ0v) is 11.4. The number of hydrogen-bond donors (Lipinski definition) is 1. The Kier molecular flexibility index (Phi) is 4.89. The summed E-state index contributed by atoms with van der Waals surface area (Å²) in [6, 6.07) is 3.20. The van der Waals surface area contributed by atoms with Crippen molar-refractivity contribution in [2.24, 2.45) is 0 Å². The van der Waals surface area contributed by atoms with E-state index < -0.39 is 15.9 Å². The van der Waals surface area contributed by atoms with Gasteiger partial charge in [0.25, 0.3) is 15.9 Å². The molecule has 1 rings (SSSR count). The summed E-state index contributed by atoms with van der Waals surface area (Å²) in [6.07, 6.45) is 4.58. The predicted molar refractivity (Wildman–Crippen MR) is 68.4 cm³/mol. The Morgan fingerprint density at radius 3 is 2.71 bits per heavy atom. The molecule has 0 bridgehead atoms. The van der Waals surface area contributed by atoms with Gasteiger partial charge < -0.3 is 0 Å². The van der Waals surface area contributed by atoms with E-state index in [-0.39, 0.29) is 4.21 Å². The summed E-state index contributed by atoms with van der Waals surface area (Å²) in [4.78, 5) is 12.2. The molecule has 0 aromatic carbocycles. The lowest BCUT2D eigenvalue weighted by Gasteiger charge is -2.01. The molecule has 0 saturated carbocycles. The van der Waals surface area contributed by atoms with Crippen LogP contribution in [0.1, 0.15) is 24.6 Å². The van der Waals surface area contributed by atoms with Gasteiger partial charge >= 0.3 is 0 Å². The summed E-state index contributed by atoms with van der Waals surface area (Å²) in [7, 11) is -3.71. The number of aryl methyl sites for hydroxylation is 1. The standard InChI is InChI=1S/C11H15NO3S2/c1-3-4-5-6-10(13)12-17(14,15)11-8-7-9(2)16-11/h5-8H,3-4H2,1-2H3,(H,12,13). The van der Waals surface area contributed by atoms with Gasteiger partial charge in [-0.2, -0.15) is 0 Å². The van der Waals surface area contributed by atoms with Gasteiger partial charge in [-0.1, -0.05) is 19.4 Å². The minimum absolute atomic E-state index is 0.159. The molecule has 0 unspecified atom stereocenters. The second-order valence-corrected chi connectivity index (χ2v) is 6.72. The molecule has 0 aliphatic rings. The average molecular weight is 273 g/mol. The van der Waals surface area contributed by atoms with E-state index in [0.29, 0.717) is 0 Å². The lowest BCUT2D eigenvalue weighted by atomic mass is 10.3. The van der Waals surface area contributed by atoms with Crippen molar-refractivity contribution in [1.29, 1.82) is 0 Å². The number of thiophene rings is 1. The van der Waals surface area contributed by atoms with Gasteiger partial charge in [0, 0.05) is 4.88 Å². The fourth-order valence-electron chi connectivity index (χ4n) is 1.13. The van der Waals surface area contributed by atoms with Crippen molar-refractivity contribution < 1.29 is 13.2 Å². The number of amides is 1. The predicted octanol–water partition coefficient (Wildman–Crippen LogP) is 2.22. The highest BCUT2D eigenvalue weighted by atomic mass is 32.2. The maximum Gasteiger partial charge on any atom is 0.273 e. The Labute approximate surface area is 105 Å². The molecule has 0 radical (unpaired) electrons. The maximum absolute atomic E-state index is 11.7. The zero-order chi connectivity index (χ0) is 12.9. The molecule has 1 aromatic rings. The van der Waals surface area contributed by atoms with E-state index in [4.69, 9.17) is 0 Å². The van der Waals surface area contributed by atoms with Gasteiger partial charge in [-0.15, -0.1) is 11.3 Å². The van der Waals surface area contributed by atoms with Crippen molar-refractivity contribution in [2.45, 2.75) is 30.9 Å². The van der Waals surface area contributed by atoms with Crippen molar-refractivity contribution in [3.05, 3.63) is 29.2 Å². The third-order valence-electron chi connectivity index (χ3n) is 1.94. The molecule has 0 spiro atoms. The summed E-state index contributed by atoms with van der Waals surface area (Å²) >= 11 is 1.14. The molecule has 0 aliphatic carbocycles.